The molecule has 0 aliphatic rings. The van der Waals surface area contributed by atoms with Crippen molar-refractivity contribution in [1.29, 1.82) is 0 Å². The van der Waals surface area contributed by atoms with Gasteiger partial charge in [-0.05, 0) is 67.2 Å². The molecule has 0 unspecified atom stereocenters. The summed E-state index contributed by atoms with van der Waals surface area (Å²) in [6, 6.07) is 12.5. The Bertz CT molecular complexity index is 672. The SMILES string of the molecule is CCCOc1ccc(C(=O)NC(=S)Nc2ccc(F)cc2)cc1. The van der Waals surface area contributed by atoms with Crippen LogP contribution in [-0.4, -0.2) is 17.6 Å². The first kappa shape index (κ1) is 16.9. The zero-order chi connectivity index (χ0) is 16.7. The van der Waals surface area contributed by atoms with Gasteiger partial charge in [-0.2, -0.15) is 0 Å². The number of nitrogens with one attached hydrogen (secondary N) is 2. The van der Waals surface area contributed by atoms with Crippen LogP contribution >= 0.6 is 12.2 Å². The van der Waals surface area contributed by atoms with Crippen molar-refractivity contribution in [2.75, 3.05) is 11.9 Å². The average Bonchev–Trinajstić information content (AvgIpc) is 2.55. The molecular formula is C17H17FN2O2S. The third kappa shape index (κ3) is 5.34. The van der Waals surface area contributed by atoms with E-state index < -0.39 is 0 Å². The van der Waals surface area contributed by atoms with Crippen LogP contribution in [0, 0.1) is 5.82 Å². The molecule has 2 N–H and O–H groups in total. The molecule has 0 aliphatic carbocycles. The maximum atomic E-state index is 12.8. The molecule has 0 heterocycles. The van der Waals surface area contributed by atoms with E-state index in [1.165, 1.54) is 24.3 Å². The van der Waals surface area contributed by atoms with Crippen molar-refractivity contribution in [3.8, 4) is 5.75 Å². The summed E-state index contributed by atoms with van der Waals surface area (Å²) in [6.45, 7) is 2.66. The van der Waals surface area contributed by atoms with Crippen LogP contribution in [0.2, 0.25) is 0 Å². The van der Waals surface area contributed by atoms with Crippen molar-refractivity contribution in [2.24, 2.45) is 0 Å². The molecular weight excluding hydrogens is 315 g/mol. The van der Waals surface area contributed by atoms with E-state index in [1.54, 1.807) is 24.3 Å². The predicted octanol–water partition coefficient (Wildman–Crippen LogP) is 3.74. The third-order valence-corrected chi connectivity index (χ3v) is 3.12. The first-order chi connectivity index (χ1) is 11.1. The summed E-state index contributed by atoms with van der Waals surface area (Å²) in [4.78, 5) is 12.1. The Hall–Kier alpha value is -2.47. The highest BCUT2D eigenvalue weighted by molar-refractivity contribution is 7.80. The van der Waals surface area contributed by atoms with Crippen LogP contribution < -0.4 is 15.4 Å². The van der Waals surface area contributed by atoms with E-state index in [9.17, 15) is 9.18 Å². The van der Waals surface area contributed by atoms with Gasteiger partial charge in [0.25, 0.3) is 5.91 Å². The molecule has 0 fully saturated rings. The Balaban J connectivity index is 1.90. The quantitative estimate of drug-likeness (QED) is 0.819. The van der Waals surface area contributed by atoms with Gasteiger partial charge in [0.15, 0.2) is 5.11 Å². The maximum absolute atomic E-state index is 12.8. The number of amides is 1. The Kier molecular flexibility index (Phi) is 6.05. The van der Waals surface area contributed by atoms with Gasteiger partial charge in [-0.1, -0.05) is 6.92 Å². The van der Waals surface area contributed by atoms with Crippen molar-refractivity contribution in [2.45, 2.75) is 13.3 Å². The lowest BCUT2D eigenvalue weighted by atomic mass is 10.2. The molecule has 6 heteroatoms. The molecule has 0 atom stereocenters. The fourth-order valence-electron chi connectivity index (χ4n) is 1.79. The van der Waals surface area contributed by atoms with Crippen LogP contribution in [-0.2, 0) is 0 Å². The largest absolute Gasteiger partial charge is 0.494 e. The lowest BCUT2D eigenvalue weighted by Crippen LogP contribution is -2.34. The van der Waals surface area contributed by atoms with Gasteiger partial charge < -0.3 is 10.1 Å². The summed E-state index contributed by atoms with van der Waals surface area (Å²) < 4.78 is 18.3. The van der Waals surface area contributed by atoms with E-state index in [4.69, 9.17) is 17.0 Å². The van der Waals surface area contributed by atoms with Gasteiger partial charge in [-0.3, -0.25) is 10.1 Å². The van der Waals surface area contributed by atoms with Crippen LogP contribution in [0.1, 0.15) is 23.7 Å². The van der Waals surface area contributed by atoms with Gasteiger partial charge in [0.05, 0.1) is 6.61 Å². The number of halogens is 1. The average molecular weight is 332 g/mol. The minimum Gasteiger partial charge on any atom is -0.494 e. The molecule has 0 saturated carbocycles. The number of hydrogen-bond acceptors (Lipinski definition) is 3. The molecule has 0 bridgehead atoms. The van der Waals surface area contributed by atoms with Crippen molar-refractivity contribution in [1.82, 2.24) is 5.32 Å². The summed E-state index contributed by atoms with van der Waals surface area (Å²) in [5, 5.41) is 5.53. The second-order valence-electron chi connectivity index (χ2n) is 4.79. The van der Waals surface area contributed by atoms with E-state index in [2.05, 4.69) is 10.6 Å². The van der Waals surface area contributed by atoms with Gasteiger partial charge in [0, 0.05) is 11.3 Å². The predicted molar refractivity (Wildman–Crippen MR) is 92.3 cm³/mol. The Labute approximate surface area is 139 Å². The summed E-state index contributed by atoms with van der Waals surface area (Å²) in [5.41, 5.74) is 1.07. The minimum absolute atomic E-state index is 0.146. The third-order valence-electron chi connectivity index (χ3n) is 2.92. The normalized spacial score (nSPS) is 10.0. The lowest BCUT2D eigenvalue weighted by molar-refractivity contribution is 0.0977. The summed E-state index contributed by atoms with van der Waals surface area (Å²) >= 11 is 5.07. The molecule has 2 aromatic rings. The molecule has 0 saturated heterocycles. The van der Waals surface area contributed by atoms with E-state index in [0.29, 0.717) is 17.9 Å². The summed E-state index contributed by atoms with van der Waals surface area (Å²) in [7, 11) is 0. The van der Waals surface area contributed by atoms with E-state index >= 15 is 0 Å². The second kappa shape index (κ2) is 8.24. The van der Waals surface area contributed by atoms with Crippen molar-refractivity contribution in [3.63, 3.8) is 0 Å². The number of ether oxygens (including phenoxy) is 1. The van der Waals surface area contributed by atoms with Crippen molar-refractivity contribution < 1.29 is 13.9 Å². The molecule has 0 spiro atoms. The first-order valence-electron chi connectivity index (χ1n) is 7.19. The van der Waals surface area contributed by atoms with Crippen molar-refractivity contribution in [3.05, 3.63) is 59.9 Å². The maximum Gasteiger partial charge on any atom is 0.257 e. The molecule has 0 radical (unpaired) electrons. The summed E-state index contributed by atoms with van der Waals surface area (Å²) in [5.74, 6) is 0.0537. The topological polar surface area (TPSA) is 50.4 Å². The standard InChI is InChI=1S/C17H17FN2O2S/c1-2-11-22-15-9-3-12(4-10-15)16(21)20-17(23)19-14-7-5-13(18)6-8-14/h3-10H,2,11H2,1H3,(H2,19,20,21,23). The number of carbonyl (C=O) groups is 1. The highest BCUT2D eigenvalue weighted by Crippen LogP contribution is 2.13. The minimum atomic E-state index is -0.337. The van der Waals surface area contributed by atoms with E-state index in [0.717, 1.165) is 12.2 Å². The number of thiocarbonyl (C=S) groups is 1. The molecule has 4 nitrogen and oxygen atoms in total. The Morgan fingerprint density at radius 2 is 1.78 bits per heavy atom. The van der Waals surface area contributed by atoms with E-state index in [1.807, 2.05) is 6.92 Å². The smallest absolute Gasteiger partial charge is 0.257 e. The van der Waals surface area contributed by atoms with E-state index in [-0.39, 0.29) is 16.8 Å². The molecule has 0 aliphatic heterocycles. The van der Waals surface area contributed by atoms with Crippen LogP contribution in [0.5, 0.6) is 5.75 Å². The van der Waals surface area contributed by atoms with Crippen molar-refractivity contribution >= 4 is 28.9 Å². The van der Waals surface area contributed by atoms with Gasteiger partial charge in [0.1, 0.15) is 11.6 Å². The number of anilines is 1. The molecule has 0 aromatic heterocycles. The number of benzene rings is 2. The van der Waals surface area contributed by atoms with Gasteiger partial charge in [-0.25, -0.2) is 4.39 Å². The Morgan fingerprint density at radius 3 is 2.39 bits per heavy atom. The summed E-state index contributed by atoms with van der Waals surface area (Å²) in [6.07, 6.45) is 0.922. The molecule has 1 amide bonds. The fraction of sp³-hybridized carbons (Fsp3) is 0.176. The molecule has 23 heavy (non-hydrogen) atoms. The van der Waals surface area contributed by atoms with Gasteiger partial charge >= 0.3 is 0 Å². The van der Waals surface area contributed by atoms with Gasteiger partial charge in [0.2, 0.25) is 0 Å². The highest BCUT2D eigenvalue weighted by Gasteiger charge is 2.08. The van der Waals surface area contributed by atoms with Crippen LogP contribution in [0.3, 0.4) is 0 Å². The van der Waals surface area contributed by atoms with Gasteiger partial charge in [-0.15, -0.1) is 0 Å². The number of hydrogen-bond donors (Lipinski definition) is 2. The molecule has 120 valence electrons. The fourth-order valence-corrected chi connectivity index (χ4v) is 2.00. The van der Waals surface area contributed by atoms with Crippen LogP contribution in [0.15, 0.2) is 48.5 Å². The lowest BCUT2D eigenvalue weighted by Gasteiger charge is -2.10. The number of carbonyl (C=O) groups excluding carboxylic acids is 1. The molecule has 2 aromatic carbocycles. The Morgan fingerprint density at radius 1 is 1.13 bits per heavy atom. The second-order valence-corrected chi connectivity index (χ2v) is 5.20. The van der Waals surface area contributed by atoms with Crippen LogP contribution in [0.4, 0.5) is 10.1 Å². The zero-order valence-corrected chi connectivity index (χ0v) is 13.5. The molecule has 2 rings (SSSR count). The first-order valence-corrected chi connectivity index (χ1v) is 7.60. The number of rotatable bonds is 5. The zero-order valence-electron chi connectivity index (χ0n) is 12.6. The van der Waals surface area contributed by atoms with Crippen LogP contribution in [0.25, 0.3) is 0 Å². The highest BCUT2D eigenvalue weighted by atomic mass is 32.1. The monoisotopic (exact) mass is 332 g/mol.